The standard InChI is InChI=1S/C15H12F2O3/c1-19-14-6-5-10(7-13(14)17)9-20-15-11(8-18)3-2-4-12(15)16/h2-8H,9H2,1H3. The minimum atomic E-state index is -0.636. The van der Waals surface area contributed by atoms with E-state index < -0.39 is 11.6 Å². The zero-order valence-electron chi connectivity index (χ0n) is 10.7. The molecule has 5 heteroatoms. The number of hydrogen-bond acceptors (Lipinski definition) is 3. The largest absolute Gasteiger partial charge is 0.494 e. The van der Waals surface area contributed by atoms with Gasteiger partial charge < -0.3 is 9.47 Å². The van der Waals surface area contributed by atoms with Gasteiger partial charge in [-0.3, -0.25) is 4.79 Å². The molecular formula is C15H12F2O3. The van der Waals surface area contributed by atoms with E-state index in [-0.39, 0.29) is 23.7 Å². The summed E-state index contributed by atoms with van der Waals surface area (Å²) in [7, 11) is 1.37. The smallest absolute Gasteiger partial charge is 0.165 e. The first kappa shape index (κ1) is 14.0. The second-order valence-corrected chi connectivity index (χ2v) is 4.03. The molecule has 104 valence electrons. The number of carbonyl (C=O) groups excluding carboxylic acids is 1. The van der Waals surface area contributed by atoms with Crippen molar-refractivity contribution in [2.75, 3.05) is 7.11 Å². The first-order valence-electron chi connectivity index (χ1n) is 5.84. The van der Waals surface area contributed by atoms with Crippen molar-refractivity contribution in [2.24, 2.45) is 0 Å². The predicted molar refractivity (Wildman–Crippen MR) is 69.1 cm³/mol. The minimum absolute atomic E-state index is 0.0529. The molecule has 0 unspecified atom stereocenters. The van der Waals surface area contributed by atoms with Crippen molar-refractivity contribution in [1.29, 1.82) is 0 Å². The van der Waals surface area contributed by atoms with E-state index in [1.54, 1.807) is 6.07 Å². The molecule has 0 radical (unpaired) electrons. The number of carbonyl (C=O) groups is 1. The Morgan fingerprint density at radius 1 is 1.15 bits per heavy atom. The number of aldehydes is 1. The van der Waals surface area contributed by atoms with Crippen molar-refractivity contribution in [1.82, 2.24) is 0 Å². The lowest BCUT2D eigenvalue weighted by Crippen LogP contribution is -2.01. The van der Waals surface area contributed by atoms with Gasteiger partial charge in [0.2, 0.25) is 0 Å². The van der Waals surface area contributed by atoms with Crippen LogP contribution in [0.25, 0.3) is 0 Å². The number of hydrogen-bond donors (Lipinski definition) is 0. The zero-order chi connectivity index (χ0) is 14.5. The Kier molecular flexibility index (Phi) is 4.30. The number of methoxy groups -OCH3 is 1. The van der Waals surface area contributed by atoms with Gasteiger partial charge in [0.25, 0.3) is 0 Å². The van der Waals surface area contributed by atoms with E-state index >= 15 is 0 Å². The highest BCUT2D eigenvalue weighted by Crippen LogP contribution is 2.23. The maximum atomic E-state index is 13.6. The maximum Gasteiger partial charge on any atom is 0.165 e. The minimum Gasteiger partial charge on any atom is -0.494 e. The van der Waals surface area contributed by atoms with Crippen molar-refractivity contribution < 1.29 is 23.0 Å². The summed E-state index contributed by atoms with van der Waals surface area (Å²) in [4.78, 5) is 10.8. The van der Waals surface area contributed by atoms with E-state index in [1.165, 1.54) is 37.4 Å². The van der Waals surface area contributed by atoms with Gasteiger partial charge in [-0.1, -0.05) is 12.1 Å². The van der Waals surface area contributed by atoms with Crippen LogP contribution in [0.15, 0.2) is 36.4 Å². The molecule has 20 heavy (non-hydrogen) atoms. The number of benzene rings is 2. The van der Waals surface area contributed by atoms with Gasteiger partial charge in [0.1, 0.15) is 6.61 Å². The molecule has 2 rings (SSSR count). The lowest BCUT2D eigenvalue weighted by Gasteiger charge is -2.10. The van der Waals surface area contributed by atoms with E-state index in [1.807, 2.05) is 0 Å². The molecule has 0 bridgehead atoms. The fourth-order valence-corrected chi connectivity index (χ4v) is 1.73. The summed E-state index contributed by atoms with van der Waals surface area (Å²) in [6, 6.07) is 8.34. The molecule has 0 aliphatic rings. The molecule has 2 aromatic rings. The van der Waals surface area contributed by atoms with Crippen LogP contribution in [0.3, 0.4) is 0 Å². The molecule has 0 aliphatic carbocycles. The Balaban J connectivity index is 2.17. The van der Waals surface area contributed by atoms with Crippen molar-refractivity contribution >= 4 is 6.29 Å². The monoisotopic (exact) mass is 278 g/mol. The molecule has 0 spiro atoms. The predicted octanol–water partition coefficient (Wildman–Crippen LogP) is 3.36. The van der Waals surface area contributed by atoms with Crippen LogP contribution < -0.4 is 9.47 Å². The highest BCUT2D eigenvalue weighted by molar-refractivity contribution is 5.79. The first-order chi connectivity index (χ1) is 9.65. The van der Waals surface area contributed by atoms with E-state index in [0.29, 0.717) is 11.8 Å². The third kappa shape index (κ3) is 2.93. The molecule has 0 N–H and O–H groups in total. The Morgan fingerprint density at radius 3 is 2.60 bits per heavy atom. The Morgan fingerprint density at radius 2 is 1.95 bits per heavy atom. The summed E-state index contributed by atoms with van der Waals surface area (Å²) in [6.45, 7) is -0.0529. The number of rotatable bonds is 5. The molecule has 0 fully saturated rings. The van der Waals surface area contributed by atoms with Crippen LogP contribution in [0, 0.1) is 11.6 Å². The Bertz CT molecular complexity index is 627. The average Bonchev–Trinajstić information content (AvgIpc) is 2.46. The van der Waals surface area contributed by atoms with Crippen molar-refractivity contribution in [2.45, 2.75) is 6.61 Å². The van der Waals surface area contributed by atoms with Crippen LogP contribution in [0.1, 0.15) is 15.9 Å². The lowest BCUT2D eigenvalue weighted by molar-refractivity contribution is 0.111. The Labute approximate surface area is 114 Å². The van der Waals surface area contributed by atoms with Crippen LogP contribution in [0.4, 0.5) is 8.78 Å². The normalized spacial score (nSPS) is 10.2. The average molecular weight is 278 g/mol. The van der Waals surface area contributed by atoms with Crippen LogP contribution >= 0.6 is 0 Å². The first-order valence-corrected chi connectivity index (χ1v) is 5.84. The van der Waals surface area contributed by atoms with Gasteiger partial charge >= 0.3 is 0 Å². The van der Waals surface area contributed by atoms with Gasteiger partial charge in [-0.2, -0.15) is 0 Å². The molecular weight excluding hydrogens is 266 g/mol. The molecule has 0 heterocycles. The SMILES string of the molecule is COc1ccc(COc2c(F)cccc2C=O)cc1F. The van der Waals surface area contributed by atoms with E-state index in [9.17, 15) is 13.6 Å². The second kappa shape index (κ2) is 6.14. The highest BCUT2D eigenvalue weighted by atomic mass is 19.1. The molecule has 0 aromatic heterocycles. The summed E-state index contributed by atoms with van der Waals surface area (Å²) >= 11 is 0. The third-order valence-electron chi connectivity index (χ3n) is 2.72. The fourth-order valence-electron chi connectivity index (χ4n) is 1.73. The van der Waals surface area contributed by atoms with Crippen molar-refractivity contribution in [3.8, 4) is 11.5 Å². The van der Waals surface area contributed by atoms with Crippen molar-refractivity contribution in [3.63, 3.8) is 0 Å². The summed E-state index contributed by atoms with van der Waals surface area (Å²) in [5.41, 5.74) is 0.613. The van der Waals surface area contributed by atoms with Gasteiger partial charge in [-0.25, -0.2) is 8.78 Å². The summed E-state index contributed by atoms with van der Waals surface area (Å²) in [5, 5.41) is 0. The summed E-state index contributed by atoms with van der Waals surface area (Å²) in [6.07, 6.45) is 0.507. The Hall–Kier alpha value is -2.43. The van der Waals surface area contributed by atoms with Crippen LogP contribution in [0.2, 0.25) is 0 Å². The molecule has 0 saturated carbocycles. The molecule has 0 amide bonds. The quantitative estimate of drug-likeness (QED) is 0.787. The van der Waals surface area contributed by atoms with Crippen LogP contribution in [-0.4, -0.2) is 13.4 Å². The van der Waals surface area contributed by atoms with E-state index in [0.717, 1.165) is 0 Å². The maximum absolute atomic E-state index is 13.6. The lowest BCUT2D eigenvalue weighted by atomic mass is 10.2. The molecule has 0 aliphatic heterocycles. The number of ether oxygens (including phenoxy) is 2. The number of para-hydroxylation sites is 1. The van der Waals surface area contributed by atoms with E-state index in [4.69, 9.17) is 9.47 Å². The van der Waals surface area contributed by atoms with Crippen LogP contribution in [0.5, 0.6) is 11.5 Å². The molecule has 0 atom stereocenters. The van der Waals surface area contributed by atoms with Gasteiger partial charge in [-0.15, -0.1) is 0 Å². The van der Waals surface area contributed by atoms with Gasteiger partial charge in [0, 0.05) is 0 Å². The topological polar surface area (TPSA) is 35.5 Å². The van der Waals surface area contributed by atoms with Gasteiger partial charge in [-0.05, 0) is 29.8 Å². The fraction of sp³-hybridized carbons (Fsp3) is 0.133. The zero-order valence-corrected chi connectivity index (χ0v) is 10.7. The third-order valence-corrected chi connectivity index (χ3v) is 2.72. The van der Waals surface area contributed by atoms with Gasteiger partial charge in [0.05, 0.1) is 12.7 Å². The van der Waals surface area contributed by atoms with Gasteiger partial charge in [0.15, 0.2) is 29.4 Å². The van der Waals surface area contributed by atoms with E-state index in [2.05, 4.69) is 0 Å². The molecule has 0 saturated heterocycles. The molecule has 3 nitrogen and oxygen atoms in total. The van der Waals surface area contributed by atoms with Crippen molar-refractivity contribution in [3.05, 3.63) is 59.2 Å². The molecule has 2 aromatic carbocycles. The summed E-state index contributed by atoms with van der Waals surface area (Å²) in [5.74, 6) is -1.19. The summed E-state index contributed by atoms with van der Waals surface area (Å²) < 4.78 is 37.1. The van der Waals surface area contributed by atoms with Crippen LogP contribution in [-0.2, 0) is 6.61 Å². The second-order valence-electron chi connectivity index (χ2n) is 4.03. The highest BCUT2D eigenvalue weighted by Gasteiger charge is 2.10. The number of halogens is 2.